The number of hydrogen-bond acceptors (Lipinski definition) is 3. The normalized spacial score (nSPS) is 13.0. The number of hydrogen-bond donors (Lipinski definition) is 2. The van der Waals surface area contributed by atoms with Crippen LogP contribution >= 0.6 is 0 Å². The molecule has 0 aliphatic rings. The molecule has 0 aromatic heterocycles. The molecule has 2 aromatic carbocycles. The Labute approximate surface area is 152 Å². The second kappa shape index (κ2) is 9.19. The van der Waals surface area contributed by atoms with Crippen molar-refractivity contribution < 1.29 is 22.6 Å². The lowest BCUT2D eigenvalue weighted by Gasteiger charge is -2.15. The SMILES string of the molecule is NC(=O)[C@H](CC[S@@](=O)c1ccccc1)NC(=O)Cc1ccc(F)cc1F. The first-order valence-corrected chi connectivity index (χ1v) is 9.14. The van der Waals surface area contributed by atoms with Crippen molar-refractivity contribution in [1.29, 1.82) is 0 Å². The fourth-order valence-electron chi connectivity index (χ4n) is 2.28. The van der Waals surface area contributed by atoms with Gasteiger partial charge in [0.05, 0.1) is 17.2 Å². The summed E-state index contributed by atoms with van der Waals surface area (Å²) in [7, 11) is -1.34. The highest BCUT2D eigenvalue weighted by Gasteiger charge is 2.20. The Balaban J connectivity index is 1.93. The highest BCUT2D eigenvalue weighted by atomic mass is 32.2. The van der Waals surface area contributed by atoms with Crippen LogP contribution in [-0.4, -0.2) is 27.8 Å². The van der Waals surface area contributed by atoms with E-state index in [1.165, 1.54) is 0 Å². The van der Waals surface area contributed by atoms with Gasteiger partial charge in [0.2, 0.25) is 11.8 Å². The molecule has 138 valence electrons. The monoisotopic (exact) mass is 380 g/mol. The molecule has 2 aromatic rings. The van der Waals surface area contributed by atoms with Crippen LogP contribution in [0.1, 0.15) is 12.0 Å². The summed E-state index contributed by atoms with van der Waals surface area (Å²) < 4.78 is 38.7. The van der Waals surface area contributed by atoms with Gasteiger partial charge in [-0.25, -0.2) is 8.78 Å². The summed E-state index contributed by atoms with van der Waals surface area (Å²) in [5.74, 6) is -2.87. The molecule has 0 fully saturated rings. The molecule has 2 rings (SSSR count). The van der Waals surface area contributed by atoms with Gasteiger partial charge in [0.1, 0.15) is 17.7 Å². The molecule has 0 saturated carbocycles. The predicted octanol–water partition coefficient (Wildman–Crippen LogP) is 1.68. The first-order chi connectivity index (χ1) is 12.4. The first kappa shape index (κ1) is 19.7. The number of halogens is 2. The van der Waals surface area contributed by atoms with Crippen molar-refractivity contribution in [3.63, 3.8) is 0 Å². The molecule has 26 heavy (non-hydrogen) atoms. The van der Waals surface area contributed by atoms with Gasteiger partial charge in [-0.05, 0) is 30.2 Å². The molecule has 8 heteroatoms. The van der Waals surface area contributed by atoms with E-state index in [4.69, 9.17) is 5.73 Å². The molecule has 0 bridgehead atoms. The van der Waals surface area contributed by atoms with Crippen molar-refractivity contribution in [3.8, 4) is 0 Å². The maximum Gasteiger partial charge on any atom is 0.240 e. The number of carbonyl (C=O) groups excluding carboxylic acids is 2. The fourth-order valence-corrected chi connectivity index (χ4v) is 3.43. The highest BCUT2D eigenvalue weighted by Crippen LogP contribution is 2.11. The number of nitrogens with one attached hydrogen (secondary N) is 1. The van der Waals surface area contributed by atoms with Crippen molar-refractivity contribution >= 4 is 22.6 Å². The van der Waals surface area contributed by atoms with Crippen molar-refractivity contribution in [1.82, 2.24) is 5.32 Å². The molecule has 2 atom stereocenters. The molecule has 3 N–H and O–H groups in total. The molecular formula is C18H18F2N2O3S. The minimum Gasteiger partial charge on any atom is -0.368 e. The molecule has 0 radical (unpaired) electrons. The van der Waals surface area contributed by atoms with Crippen molar-refractivity contribution in [2.24, 2.45) is 5.73 Å². The maximum absolute atomic E-state index is 13.6. The molecule has 0 aliphatic carbocycles. The standard InChI is InChI=1S/C18H18F2N2O3S/c19-13-7-6-12(15(20)11-13)10-17(23)22-16(18(21)24)8-9-26(25)14-4-2-1-3-5-14/h1-7,11,16H,8-10H2,(H2,21,24)(H,22,23)/t16-,26+/m0/s1. The van der Waals surface area contributed by atoms with E-state index >= 15 is 0 Å². The van der Waals surface area contributed by atoms with Gasteiger partial charge in [-0.3, -0.25) is 13.8 Å². The number of amides is 2. The molecule has 0 saturated heterocycles. The van der Waals surface area contributed by atoms with Gasteiger partial charge in [-0.15, -0.1) is 0 Å². The van der Waals surface area contributed by atoms with Gasteiger partial charge in [0.25, 0.3) is 0 Å². The van der Waals surface area contributed by atoms with Gasteiger partial charge in [-0.1, -0.05) is 24.3 Å². The largest absolute Gasteiger partial charge is 0.368 e. The third-order valence-electron chi connectivity index (χ3n) is 3.64. The van der Waals surface area contributed by atoms with Crippen molar-refractivity contribution in [2.75, 3.05) is 5.75 Å². The number of primary amides is 1. The number of benzene rings is 2. The summed E-state index contributed by atoms with van der Waals surface area (Å²) in [5.41, 5.74) is 5.28. The third-order valence-corrected chi connectivity index (χ3v) is 5.05. The lowest BCUT2D eigenvalue weighted by atomic mass is 10.1. The van der Waals surface area contributed by atoms with Crippen LogP contribution in [0, 0.1) is 11.6 Å². The molecule has 5 nitrogen and oxygen atoms in total. The van der Waals surface area contributed by atoms with E-state index in [9.17, 15) is 22.6 Å². The summed E-state index contributed by atoms with van der Waals surface area (Å²) in [5, 5.41) is 2.41. The summed E-state index contributed by atoms with van der Waals surface area (Å²) in [6, 6.07) is 10.5. The van der Waals surface area contributed by atoms with Crippen LogP contribution < -0.4 is 11.1 Å². The van der Waals surface area contributed by atoms with Gasteiger partial charge < -0.3 is 11.1 Å². The second-order valence-electron chi connectivity index (χ2n) is 5.59. The minimum atomic E-state index is -1.34. The Morgan fingerprint density at radius 3 is 2.42 bits per heavy atom. The van der Waals surface area contributed by atoms with E-state index in [2.05, 4.69) is 5.32 Å². The van der Waals surface area contributed by atoms with E-state index in [0.29, 0.717) is 11.0 Å². The zero-order valence-corrected chi connectivity index (χ0v) is 14.6. The van der Waals surface area contributed by atoms with Crippen LogP contribution in [0.15, 0.2) is 53.4 Å². The quantitative estimate of drug-likeness (QED) is 0.730. The smallest absolute Gasteiger partial charge is 0.240 e. The maximum atomic E-state index is 13.6. The summed E-state index contributed by atoms with van der Waals surface area (Å²) in [6.07, 6.45) is -0.286. The zero-order valence-electron chi connectivity index (χ0n) is 13.8. The molecule has 0 heterocycles. The van der Waals surface area contributed by atoms with Gasteiger partial charge in [-0.2, -0.15) is 0 Å². The van der Waals surface area contributed by atoms with Crippen LogP contribution in [0.25, 0.3) is 0 Å². The van der Waals surface area contributed by atoms with E-state index in [1.807, 2.05) is 0 Å². The van der Waals surface area contributed by atoms with E-state index in [1.54, 1.807) is 30.3 Å². The molecular weight excluding hydrogens is 362 g/mol. The summed E-state index contributed by atoms with van der Waals surface area (Å²) in [6.45, 7) is 0. The average molecular weight is 380 g/mol. The van der Waals surface area contributed by atoms with Gasteiger partial charge in [0.15, 0.2) is 0 Å². The van der Waals surface area contributed by atoms with Crippen molar-refractivity contribution in [3.05, 3.63) is 65.7 Å². The lowest BCUT2D eigenvalue weighted by molar-refractivity contribution is -0.127. The van der Waals surface area contributed by atoms with Crippen LogP contribution in [0.3, 0.4) is 0 Å². The van der Waals surface area contributed by atoms with Crippen LogP contribution in [0.2, 0.25) is 0 Å². The lowest BCUT2D eigenvalue weighted by Crippen LogP contribution is -2.45. The second-order valence-corrected chi connectivity index (χ2v) is 7.16. The Hall–Kier alpha value is -2.61. The number of rotatable bonds is 8. The molecule has 0 aliphatic heterocycles. The van der Waals surface area contributed by atoms with E-state index in [0.717, 1.165) is 12.1 Å². The first-order valence-electron chi connectivity index (χ1n) is 7.83. The van der Waals surface area contributed by atoms with Gasteiger partial charge >= 0.3 is 0 Å². The van der Waals surface area contributed by atoms with Crippen LogP contribution in [0.4, 0.5) is 8.78 Å². The number of carbonyl (C=O) groups is 2. The third kappa shape index (κ3) is 5.73. The Morgan fingerprint density at radius 1 is 1.12 bits per heavy atom. The fraction of sp³-hybridized carbons (Fsp3) is 0.222. The highest BCUT2D eigenvalue weighted by molar-refractivity contribution is 7.85. The summed E-state index contributed by atoms with van der Waals surface area (Å²) in [4.78, 5) is 24.2. The Morgan fingerprint density at radius 2 is 1.81 bits per heavy atom. The summed E-state index contributed by atoms with van der Waals surface area (Å²) >= 11 is 0. The Kier molecular flexibility index (Phi) is 6.97. The predicted molar refractivity (Wildman–Crippen MR) is 93.5 cm³/mol. The van der Waals surface area contributed by atoms with Crippen LogP contribution in [0.5, 0.6) is 0 Å². The van der Waals surface area contributed by atoms with Crippen molar-refractivity contribution in [2.45, 2.75) is 23.8 Å². The van der Waals surface area contributed by atoms with Crippen LogP contribution in [-0.2, 0) is 26.8 Å². The molecule has 0 unspecified atom stereocenters. The average Bonchev–Trinajstić information content (AvgIpc) is 2.61. The molecule has 0 spiro atoms. The molecule has 2 amide bonds. The minimum absolute atomic E-state index is 0.0000163. The van der Waals surface area contributed by atoms with E-state index < -0.39 is 40.3 Å². The Bertz CT molecular complexity index is 815. The zero-order chi connectivity index (χ0) is 19.1. The number of nitrogens with two attached hydrogens (primary N) is 1. The van der Waals surface area contributed by atoms with E-state index in [-0.39, 0.29) is 24.2 Å². The van der Waals surface area contributed by atoms with Gasteiger partial charge in [0, 0.05) is 16.7 Å². The topological polar surface area (TPSA) is 89.3 Å².